The second kappa shape index (κ2) is 8.25. The van der Waals surface area contributed by atoms with E-state index >= 15 is 0 Å². The number of hydrogen-bond donors (Lipinski definition) is 2. The molecule has 7 nitrogen and oxygen atoms in total. The summed E-state index contributed by atoms with van der Waals surface area (Å²) in [6.07, 6.45) is 0. The first-order valence-corrected chi connectivity index (χ1v) is 7.23. The van der Waals surface area contributed by atoms with Gasteiger partial charge in [0.2, 0.25) is 12.5 Å². The number of nitrogens with one attached hydrogen (secondary N) is 1. The van der Waals surface area contributed by atoms with Crippen molar-refractivity contribution in [3.8, 4) is 0 Å². The maximum atomic E-state index is 11.0. The zero-order chi connectivity index (χ0) is 15.8. The van der Waals surface area contributed by atoms with Gasteiger partial charge in [0.15, 0.2) is 0 Å². The average Bonchev–Trinajstić information content (AvgIpc) is 2.41. The molecular weight excluding hydrogens is 296 g/mol. The van der Waals surface area contributed by atoms with Crippen molar-refractivity contribution in [3.63, 3.8) is 0 Å². The highest BCUT2D eigenvalue weighted by molar-refractivity contribution is 7.99. The second-order valence-electron chi connectivity index (χ2n) is 4.34. The van der Waals surface area contributed by atoms with Crippen LogP contribution in [0.4, 0.5) is 0 Å². The lowest BCUT2D eigenvalue weighted by molar-refractivity contribution is -0.479. The van der Waals surface area contributed by atoms with Gasteiger partial charge in [-0.3, -0.25) is 14.9 Å². The molecule has 1 aromatic rings. The molecule has 0 fully saturated rings. The Hall–Kier alpha value is -2.09. The van der Waals surface area contributed by atoms with Crippen LogP contribution >= 0.6 is 11.8 Å². The molecule has 0 aromatic heterocycles. The minimum Gasteiger partial charge on any atom is -0.480 e. The summed E-state index contributed by atoms with van der Waals surface area (Å²) in [5.41, 5.74) is 0.756. The summed E-state index contributed by atoms with van der Waals surface area (Å²) < 4.78 is 0. The number of carboxylic acids is 1. The summed E-state index contributed by atoms with van der Waals surface area (Å²) in [5.74, 6) is -1.55. The Bertz CT molecular complexity index is 509. The summed E-state index contributed by atoms with van der Waals surface area (Å²) in [7, 11) is 0. The van der Waals surface area contributed by atoms with E-state index in [0.29, 0.717) is 0 Å². The van der Waals surface area contributed by atoms with Crippen LogP contribution in [0.15, 0.2) is 30.3 Å². The van der Waals surface area contributed by atoms with Crippen molar-refractivity contribution in [3.05, 3.63) is 46.0 Å². The third kappa shape index (κ3) is 6.26. The number of amides is 1. The molecule has 0 aliphatic heterocycles. The molecule has 1 aromatic carbocycles. The number of carbonyl (C=O) groups is 2. The minimum atomic E-state index is -1.16. The van der Waals surface area contributed by atoms with Gasteiger partial charge in [-0.2, -0.15) is 0 Å². The monoisotopic (exact) mass is 312 g/mol. The summed E-state index contributed by atoms with van der Waals surface area (Å²) >= 11 is 1.14. The van der Waals surface area contributed by atoms with Crippen molar-refractivity contribution in [1.82, 2.24) is 5.32 Å². The van der Waals surface area contributed by atoms with Crippen LogP contribution in [-0.2, 0) is 9.59 Å². The van der Waals surface area contributed by atoms with Crippen molar-refractivity contribution < 1.29 is 19.6 Å². The van der Waals surface area contributed by atoms with E-state index in [-0.39, 0.29) is 12.3 Å². The Labute approximate surface area is 125 Å². The van der Waals surface area contributed by atoms with E-state index in [9.17, 15) is 19.7 Å². The van der Waals surface area contributed by atoms with Gasteiger partial charge in [0.1, 0.15) is 6.04 Å². The Morgan fingerprint density at radius 1 is 1.38 bits per heavy atom. The van der Waals surface area contributed by atoms with Gasteiger partial charge >= 0.3 is 5.97 Å². The smallest absolute Gasteiger partial charge is 0.327 e. The number of aliphatic carboxylic acids is 1. The van der Waals surface area contributed by atoms with Crippen LogP contribution in [0.3, 0.4) is 0 Å². The van der Waals surface area contributed by atoms with E-state index in [4.69, 9.17) is 5.11 Å². The van der Waals surface area contributed by atoms with Crippen LogP contribution in [0.25, 0.3) is 0 Å². The number of hydrogen-bond acceptors (Lipinski definition) is 5. The number of rotatable bonds is 8. The molecule has 0 heterocycles. The van der Waals surface area contributed by atoms with Gasteiger partial charge in [-0.1, -0.05) is 30.3 Å². The molecule has 1 rings (SSSR count). The van der Waals surface area contributed by atoms with E-state index in [0.717, 1.165) is 17.3 Å². The van der Waals surface area contributed by atoms with Gasteiger partial charge in [-0.05, 0) is 5.56 Å². The second-order valence-corrected chi connectivity index (χ2v) is 5.58. The Kier molecular flexibility index (Phi) is 6.67. The number of nitrogens with zero attached hydrogens (tertiary/aromatic N) is 1. The van der Waals surface area contributed by atoms with Gasteiger partial charge in [0.05, 0.1) is 5.25 Å². The zero-order valence-electron chi connectivity index (χ0n) is 11.4. The molecule has 0 saturated heterocycles. The Balaban J connectivity index is 2.74. The third-order valence-electron chi connectivity index (χ3n) is 2.63. The average molecular weight is 312 g/mol. The van der Waals surface area contributed by atoms with Gasteiger partial charge in [0.25, 0.3) is 0 Å². The SMILES string of the molecule is CC(=O)NC(CSC(C[N+](=O)[O-])c1ccccc1)C(=O)O. The zero-order valence-corrected chi connectivity index (χ0v) is 12.2. The molecule has 0 radical (unpaired) electrons. The molecular formula is C13H16N2O5S. The van der Waals surface area contributed by atoms with E-state index in [1.807, 2.05) is 0 Å². The largest absolute Gasteiger partial charge is 0.480 e. The lowest BCUT2D eigenvalue weighted by Crippen LogP contribution is -2.41. The van der Waals surface area contributed by atoms with Gasteiger partial charge in [-0.15, -0.1) is 11.8 Å². The van der Waals surface area contributed by atoms with Crippen molar-refractivity contribution in [2.45, 2.75) is 18.2 Å². The van der Waals surface area contributed by atoms with Crippen LogP contribution in [0.2, 0.25) is 0 Å². The molecule has 1 amide bonds. The standard InChI is InChI=1S/C13H16N2O5S/c1-9(16)14-11(13(17)18)8-21-12(7-15(19)20)10-5-3-2-4-6-10/h2-6,11-12H,7-8H2,1H3,(H,14,16)(H,17,18). The first-order chi connectivity index (χ1) is 9.90. The highest BCUT2D eigenvalue weighted by Crippen LogP contribution is 2.29. The van der Waals surface area contributed by atoms with E-state index in [1.54, 1.807) is 30.3 Å². The maximum absolute atomic E-state index is 11.0. The quantitative estimate of drug-likeness (QED) is 0.553. The summed E-state index contributed by atoms with van der Waals surface area (Å²) in [4.78, 5) is 32.3. The third-order valence-corrected chi connectivity index (χ3v) is 3.98. The van der Waals surface area contributed by atoms with Gasteiger partial charge in [0, 0.05) is 17.6 Å². The summed E-state index contributed by atoms with van der Waals surface area (Å²) in [6.45, 7) is 0.924. The fraction of sp³-hybridized carbons (Fsp3) is 0.385. The number of thioether (sulfide) groups is 1. The summed E-state index contributed by atoms with van der Waals surface area (Å²) in [5, 5.41) is 21.6. The van der Waals surface area contributed by atoms with Crippen LogP contribution in [0.1, 0.15) is 17.7 Å². The molecule has 114 valence electrons. The van der Waals surface area contributed by atoms with Gasteiger partial charge < -0.3 is 10.4 Å². The van der Waals surface area contributed by atoms with Crippen LogP contribution in [0.5, 0.6) is 0 Å². The molecule has 2 N–H and O–H groups in total. The molecule has 8 heteroatoms. The number of carbonyl (C=O) groups excluding carboxylic acids is 1. The number of nitro groups is 1. The minimum absolute atomic E-state index is 0.0579. The molecule has 0 aliphatic carbocycles. The fourth-order valence-corrected chi connectivity index (χ4v) is 2.92. The topological polar surface area (TPSA) is 110 Å². The van der Waals surface area contributed by atoms with Crippen LogP contribution in [-0.4, -0.2) is 40.2 Å². The molecule has 2 unspecified atom stereocenters. The predicted octanol–water partition coefficient (Wildman–Crippen LogP) is 1.33. The highest BCUT2D eigenvalue weighted by atomic mass is 32.2. The lowest BCUT2D eigenvalue weighted by Gasteiger charge is -2.17. The van der Waals surface area contributed by atoms with Crippen molar-refractivity contribution in [1.29, 1.82) is 0 Å². The molecule has 21 heavy (non-hydrogen) atoms. The highest BCUT2D eigenvalue weighted by Gasteiger charge is 2.24. The fourth-order valence-electron chi connectivity index (χ4n) is 1.69. The predicted molar refractivity (Wildman–Crippen MR) is 78.7 cm³/mol. The Morgan fingerprint density at radius 2 is 2.00 bits per heavy atom. The van der Waals surface area contributed by atoms with E-state index < -0.39 is 28.1 Å². The van der Waals surface area contributed by atoms with Crippen LogP contribution in [0, 0.1) is 10.1 Å². The molecule has 0 bridgehead atoms. The first-order valence-electron chi connectivity index (χ1n) is 6.18. The maximum Gasteiger partial charge on any atom is 0.327 e. The summed E-state index contributed by atoms with van der Waals surface area (Å²) in [6, 6.07) is 7.79. The molecule has 2 atom stereocenters. The normalized spacial score (nSPS) is 13.2. The molecule has 0 aliphatic rings. The lowest BCUT2D eigenvalue weighted by atomic mass is 10.1. The first kappa shape index (κ1) is 17.0. The number of benzene rings is 1. The van der Waals surface area contributed by atoms with Gasteiger partial charge in [-0.25, -0.2) is 4.79 Å². The van der Waals surface area contributed by atoms with Crippen LogP contribution < -0.4 is 5.32 Å². The number of carboxylic acid groups (broad SMARTS) is 1. The van der Waals surface area contributed by atoms with Crippen molar-refractivity contribution in [2.24, 2.45) is 0 Å². The molecule has 0 spiro atoms. The Morgan fingerprint density at radius 3 is 2.48 bits per heavy atom. The van der Waals surface area contributed by atoms with Crippen molar-refractivity contribution in [2.75, 3.05) is 12.3 Å². The van der Waals surface area contributed by atoms with Crippen molar-refractivity contribution >= 4 is 23.6 Å². The van der Waals surface area contributed by atoms with E-state index in [1.165, 1.54) is 6.92 Å². The molecule has 0 saturated carbocycles. The van der Waals surface area contributed by atoms with E-state index in [2.05, 4.69) is 5.32 Å².